The highest BCUT2D eigenvalue weighted by atomic mass is 35.5. The Hall–Kier alpha value is -2.88. The maximum atomic E-state index is 13.4. The van der Waals surface area contributed by atoms with Crippen LogP contribution in [0.3, 0.4) is 0 Å². The third-order valence-electron chi connectivity index (χ3n) is 5.55. The molecule has 1 aliphatic heterocycles. The summed E-state index contributed by atoms with van der Waals surface area (Å²) in [5.41, 5.74) is 0.444. The van der Waals surface area contributed by atoms with Gasteiger partial charge in [0.1, 0.15) is 0 Å². The molecule has 0 radical (unpaired) electrons. The van der Waals surface area contributed by atoms with E-state index < -0.39 is 24.6 Å². The SMILES string of the molecule is CC(C)CC(NC(=O)C1(Cc2ccccc2)CC(CNC(=O)c2ccc(Cl)cc2)=NO1)B(O)O. The van der Waals surface area contributed by atoms with Gasteiger partial charge in [0.05, 0.1) is 18.2 Å². The lowest BCUT2D eigenvalue weighted by atomic mass is 9.74. The summed E-state index contributed by atoms with van der Waals surface area (Å²) in [6.07, 6.45) is 0.758. The Morgan fingerprint density at radius 2 is 1.82 bits per heavy atom. The van der Waals surface area contributed by atoms with Crippen LogP contribution in [-0.4, -0.2) is 52.8 Å². The summed E-state index contributed by atoms with van der Waals surface area (Å²) in [7, 11) is -1.71. The largest absolute Gasteiger partial charge is 0.475 e. The van der Waals surface area contributed by atoms with Crippen molar-refractivity contribution in [3.05, 3.63) is 70.7 Å². The lowest BCUT2D eigenvalue weighted by Gasteiger charge is -2.29. The number of nitrogens with one attached hydrogen (secondary N) is 2. The second-order valence-corrected chi connectivity index (χ2v) is 9.33. The van der Waals surface area contributed by atoms with Gasteiger partial charge in [-0.15, -0.1) is 0 Å². The summed E-state index contributed by atoms with van der Waals surface area (Å²) in [6.45, 7) is 3.96. The van der Waals surface area contributed by atoms with Gasteiger partial charge in [-0.05, 0) is 42.2 Å². The van der Waals surface area contributed by atoms with Crippen LogP contribution in [0.25, 0.3) is 0 Å². The molecule has 2 aromatic rings. The molecule has 3 rings (SSSR count). The molecule has 0 saturated heterocycles. The number of hydrogen-bond donors (Lipinski definition) is 4. The lowest BCUT2D eigenvalue weighted by Crippen LogP contribution is -2.56. The zero-order valence-corrected chi connectivity index (χ0v) is 20.0. The van der Waals surface area contributed by atoms with Gasteiger partial charge in [-0.2, -0.15) is 0 Å². The molecule has 0 aromatic heterocycles. The second-order valence-electron chi connectivity index (χ2n) is 8.89. The molecule has 0 fully saturated rings. The summed E-state index contributed by atoms with van der Waals surface area (Å²) >= 11 is 5.87. The van der Waals surface area contributed by atoms with Crippen LogP contribution in [0.2, 0.25) is 5.02 Å². The van der Waals surface area contributed by atoms with Crippen molar-refractivity contribution in [3.63, 3.8) is 0 Å². The maximum absolute atomic E-state index is 13.4. The van der Waals surface area contributed by atoms with E-state index in [1.54, 1.807) is 24.3 Å². The number of hydrogen-bond acceptors (Lipinski definition) is 6. The summed E-state index contributed by atoms with van der Waals surface area (Å²) in [5.74, 6) is -1.50. The molecule has 0 aliphatic carbocycles. The fraction of sp³-hybridized carbons (Fsp3) is 0.375. The summed E-state index contributed by atoms with van der Waals surface area (Å²) in [6, 6.07) is 15.9. The highest BCUT2D eigenvalue weighted by molar-refractivity contribution is 6.43. The fourth-order valence-corrected chi connectivity index (χ4v) is 3.94. The second kappa shape index (κ2) is 11.5. The van der Waals surface area contributed by atoms with Crippen molar-refractivity contribution in [2.45, 2.75) is 44.7 Å². The molecule has 8 nitrogen and oxygen atoms in total. The maximum Gasteiger partial charge on any atom is 0.475 e. The van der Waals surface area contributed by atoms with Crippen LogP contribution < -0.4 is 10.6 Å². The number of nitrogens with zero attached hydrogens (tertiary/aromatic N) is 1. The molecular weight excluding hydrogens is 457 g/mol. The van der Waals surface area contributed by atoms with E-state index >= 15 is 0 Å². The van der Waals surface area contributed by atoms with Crippen molar-refractivity contribution in [1.29, 1.82) is 0 Å². The normalized spacial score (nSPS) is 18.1. The Bertz CT molecular complexity index is 1020. The van der Waals surface area contributed by atoms with Gasteiger partial charge in [-0.1, -0.05) is 60.9 Å². The van der Waals surface area contributed by atoms with Crippen molar-refractivity contribution >= 4 is 36.2 Å². The van der Waals surface area contributed by atoms with Crippen molar-refractivity contribution in [3.8, 4) is 0 Å². The van der Waals surface area contributed by atoms with E-state index in [0.717, 1.165) is 5.56 Å². The standard InChI is InChI=1S/C24H29BClN3O5/c1-16(2)12-21(25(32)33)28-23(31)24(13-17-6-4-3-5-7-17)14-20(29-34-24)15-27-22(30)18-8-10-19(26)11-9-18/h3-11,16,21,32-33H,12-15H2,1-2H3,(H,27,30)(H,28,31). The molecule has 0 saturated carbocycles. The van der Waals surface area contributed by atoms with Gasteiger partial charge in [0.2, 0.25) is 5.60 Å². The minimum Gasteiger partial charge on any atom is -0.426 e. The molecule has 2 aromatic carbocycles. The van der Waals surface area contributed by atoms with Gasteiger partial charge in [-0.3, -0.25) is 9.59 Å². The Labute approximate surface area is 204 Å². The summed E-state index contributed by atoms with van der Waals surface area (Å²) in [4.78, 5) is 31.5. The van der Waals surface area contributed by atoms with Crippen LogP contribution in [0.15, 0.2) is 59.8 Å². The molecule has 2 atom stereocenters. The first-order valence-electron chi connectivity index (χ1n) is 11.2. The van der Waals surface area contributed by atoms with Gasteiger partial charge in [0, 0.05) is 23.4 Å². The zero-order valence-electron chi connectivity index (χ0n) is 19.2. The Morgan fingerprint density at radius 1 is 1.15 bits per heavy atom. The van der Waals surface area contributed by atoms with Crippen LogP contribution in [-0.2, 0) is 16.1 Å². The van der Waals surface area contributed by atoms with Gasteiger partial charge in [-0.25, -0.2) is 0 Å². The van der Waals surface area contributed by atoms with E-state index in [2.05, 4.69) is 15.8 Å². The molecule has 0 spiro atoms. The number of oxime groups is 1. The highest BCUT2D eigenvalue weighted by Crippen LogP contribution is 2.29. The Balaban J connectivity index is 1.72. The average molecular weight is 486 g/mol. The van der Waals surface area contributed by atoms with Crippen molar-refractivity contribution in [2.24, 2.45) is 11.1 Å². The molecule has 2 amide bonds. The smallest absolute Gasteiger partial charge is 0.426 e. The summed E-state index contributed by atoms with van der Waals surface area (Å²) in [5, 5.41) is 29.7. The van der Waals surface area contributed by atoms with Crippen molar-refractivity contribution in [2.75, 3.05) is 6.54 Å². The van der Waals surface area contributed by atoms with Gasteiger partial charge < -0.3 is 25.5 Å². The molecule has 4 N–H and O–H groups in total. The van der Waals surface area contributed by atoms with Gasteiger partial charge >= 0.3 is 7.12 Å². The van der Waals surface area contributed by atoms with Gasteiger partial charge in [0.15, 0.2) is 0 Å². The molecule has 1 aliphatic rings. The third kappa shape index (κ3) is 6.82. The lowest BCUT2D eigenvalue weighted by molar-refractivity contribution is -0.144. The van der Waals surface area contributed by atoms with Crippen molar-refractivity contribution in [1.82, 2.24) is 10.6 Å². The first-order valence-corrected chi connectivity index (χ1v) is 11.5. The number of carbonyl (C=O) groups excluding carboxylic acids is 2. The first-order chi connectivity index (χ1) is 16.2. The number of rotatable bonds is 10. The third-order valence-corrected chi connectivity index (χ3v) is 5.80. The van der Waals surface area contributed by atoms with Crippen LogP contribution >= 0.6 is 11.6 Å². The molecule has 10 heteroatoms. The van der Waals surface area contributed by atoms with E-state index in [9.17, 15) is 19.6 Å². The zero-order chi connectivity index (χ0) is 24.7. The minimum absolute atomic E-state index is 0.101. The van der Waals surface area contributed by atoms with Gasteiger partial charge in [0.25, 0.3) is 11.8 Å². The average Bonchev–Trinajstić information content (AvgIpc) is 3.22. The van der Waals surface area contributed by atoms with E-state index in [4.69, 9.17) is 16.4 Å². The van der Waals surface area contributed by atoms with E-state index in [-0.39, 0.29) is 31.2 Å². The summed E-state index contributed by atoms with van der Waals surface area (Å²) < 4.78 is 0. The van der Waals surface area contributed by atoms with E-state index in [1.807, 2.05) is 44.2 Å². The van der Waals surface area contributed by atoms with Crippen LogP contribution in [0.5, 0.6) is 0 Å². The number of halogens is 1. The predicted octanol–water partition coefficient (Wildman–Crippen LogP) is 2.37. The number of amides is 2. The predicted molar refractivity (Wildman–Crippen MR) is 131 cm³/mol. The number of carbonyl (C=O) groups is 2. The topological polar surface area (TPSA) is 120 Å². The molecule has 1 heterocycles. The minimum atomic E-state index is -1.71. The van der Waals surface area contributed by atoms with Crippen LogP contribution in [0, 0.1) is 5.92 Å². The monoisotopic (exact) mass is 485 g/mol. The van der Waals surface area contributed by atoms with E-state index in [0.29, 0.717) is 22.7 Å². The molecule has 34 heavy (non-hydrogen) atoms. The quantitative estimate of drug-likeness (QED) is 0.385. The molecule has 2 unspecified atom stereocenters. The Kier molecular flexibility index (Phi) is 8.71. The molecular formula is C24H29BClN3O5. The molecule has 180 valence electrons. The van der Waals surface area contributed by atoms with Crippen LogP contribution in [0.4, 0.5) is 0 Å². The fourth-order valence-electron chi connectivity index (χ4n) is 3.81. The number of benzene rings is 2. The first kappa shape index (κ1) is 25.7. The molecule has 0 bridgehead atoms. The van der Waals surface area contributed by atoms with E-state index in [1.165, 1.54) is 0 Å². The van der Waals surface area contributed by atoms with Crippen molar-refractivity contribution < 1.29 is 24.5 Å². The Morgan fingerprint density at radius 3 is 2.44 bits per heavy atom. The van der Waals surface area contributed by atoms with Crippen LogP contribution in [0.1, 0.15) is 42.6 Å². The highest BCUT2D eigenvalue weighted by Gasteiger charge is 2.48.